The molecule has 0 spiro atoms. The van der Waals surface area contributed by atoms with Crippen molar-refractivity contribution < 1.29 is 4.79 Å². The molecule has 3 heteroatoms. The van der Waals surface area contributed by atoms with Crippen molar-refractivity contribution >= 4 is 5.91 Å². The third kappa shape index (κ3) is 4.88. The van der Waals surface area contributed by atoms with E-state index < -0.39 is 0 Å². The first-order valence-corrected chi connectivity index (χ1v) is 5.08. The van der Waals surface area contributed by atoms with Crippen molar-refractivity contribution in [1.82, 2.24) is 10.6 Å². The van der Waals surface area contributed by atoms with E-state index in [0.717, 1.165) is 19.4 Å². The fraction of sp³-hybridized carbons (Fsp3) is 0.900. The van der Waals surface area contributed by atoms with Crippen LogP contribution in [-0.2, 0) is 4.79 Å². The first kappa shape index (κ1) is 12.4. The summed E-state index contributed by atoms with van der Waals surface area (Å²) < 4.78 is 0. The predicted octanol–water partition coefficient (Wildman–Crippen LogP) is 1.15. The summed E-state index contributed by atoms with van der Waals surface area (Å²) >= 11 is 0. The Morgan fingerprint density at radius 3 is 2.38 bits per heavy atom. The molecule has 1 amide bonds. The number of hydrogen-bond acceptors (Lipinski definition) is 2. The predicted molar refractivity (Wildman–Crippen MR) is 55.6 cm³/mol. The number of amides is 1. The van der Waals surface area contributed by atoms with Crippen LogP contribution in [0.15, 0.2) is 0 Å². The summed E-state index contributed by atoms with van der Waals surface area (Å²) in [5.41, 5.74) is 0. The van der Waals surface area contributed by atoms with Crippen molar-refractivity contribution in [1.29, 1.82) is 0 Å². The van der Waals surface area contributed by atoms with Gasteiger partial charge in [-0.2, -0.15) is 0 Å². The Bertz CT molecular complexity index is 146. The Hall–Kier alpha value is -0.570. The van der Waals surface area contributed by atoms with Gasteiger partial charge < -0.3 is 10.6 Å². The molecule has 2 N–H and O–H groups in total. The van der Waals surface area contributed by atoms with Crippen LogP contribution >= 0.6 is 0 Å². The molecule has 78 valence electrons. The summed E-state index contributed by atoms with van der Waals surface area (Å²) in [5, 5.41) is 5.93. The molecule has 1 atom stereocenters. The minimum absolute atomic E-state index is 0.0585. The average Bonchev–Trinajstić information content (AvgIpc) is 2.05. The van der Waals surface area contributed by atoms with Gasteiger partial charge in [0.2, 0.25) is 5.91 Å². The highest BCUT2D eigenvalue weighted by Gasteiger charge is 2.18. The van der Waals surface area contributed by atoms with Crippen LogP contribution in [0.25, 0.3) is 0 Å². The minimum atomic E-state index is -0.0585. The Morgan fingerprint density at radius 2 is 2.00 bits per heavy atom. The Labute approximate surface area is 81.3 Å². The van der Waals surface area contributed by atoms with Gasteiger partial charge in [0.25, 0.3) is 0 Å². The first-order valence-electron chi connectivity index (χ1n) is 5.08. The maximum atomic E-state index is 11.5. The van der Waals surface area contributed by atoms with Crippen LogP contribution in [0.5, 0.6) is 0 Å². The van der Waals surface area contributed by atoms with Gasteiger partial charge in [0.05, 0.1) is 6.04 Å². The standard InChI is InChI=1S/C10H22N2O/c1-5-6-7-12-10(13)9(11-4)8(2)3/h8-9,11H,5-7H2,1-4H3,(H,12,13)/t9-/m0/s1. The van der Waals surface area contributed by atoms with Crippen LogP contribution in [0.2, 0.25) is 0 Å². The first-order chi connectivity index (χ1) is 6.13. The highest BCUT2D eigenvalue weighted by molar-refractivity contribution is 5.81. The average molecular weight is 186 g/mol. The molecule has 0 fully saturated rings. The Kier molecular flexibility index (Phi) is 6.59. The van der Waals surface area contributed by atoms with Gasteiger partial charge in [-0.1, -0.05) is 27.2 Å². The Morgan fingerprint density at radius 1 is 1.38 bits per heavy atom. The molecule has 0 radical (unpaired) electrons. The number of unbranched alkanes of at least 4 members (excludes halogenated alkanes) is 1. The molecule has 0 bridgehead atoms. The summed E-state index contributed by atoms with van der Waals surface area (Å²) in [5.74, 6) is 0.456. The molecule has 0 aliphatic carbocycles. The third-order valence-corrected chi connectivity index (χ3v) is 2.09. The zero-order valence-corrected chi connectivity index (χ0v) is 9.18. The smallest absolute Gasteiger partial charge is 0.237 e. The summed E-state index contributed by atoms with van der Waals surface area (Å²) in [7, 11) is 1.82. The topological polar surface area (TPSA) is 41.1 Å². The molecule has 0 aromatic heterocycles. The monoisotopic (exact) mass is 186 g/mol. The van der Waals surface area contributed by atoms with Crippen LogP contribution in [-0.4, -0.2) is 25.5 Å². The second kappa shape index (κ2) is 6.89. The van der Waals surface area contributed by atoms with E-state index in [0.29, 0.717) is 5.92 Å². The molecule has 0 heterocycles. The van der Waals surface area contributed by atoms with Gasteiger partial charge >= 0.3 is 0 Å². The van der Waals surface area contributed by atoms with E-state index in [1.54, 1.807) is 0 Å². The SMILES string of the molecule is CCCCNC(=O)[C@@H](NC)C(C)C. The van der Waals surface area contributed by atoms with E-state index in [9.17, 15) is 4.79 Å². The lowest BCUT2D eigenvalue weighted by Crippen LogP contribution is -2.46. The highest BCUT2D eigenvalue weighted by atomic mass is 16.2. The van der Waals surface area contributed by atoms with Crippen molar-refractivity contribution in [3.8, 4) is 0 Å². The molecule has 0 saturated carbocycles. The lowest BCUT2D eigenvalue weighted by atomic mass is 10.0. The van der Waals surface area contributed by atoms with Gasteiger partial charge in [-0.3, -0.25) is 4.79 Å². The summed E-state index contributed by atoms with van der Waals surface area (Å²) in [6.45, 7) is 6.99. The lowest BCUT2D eigenvalue weighted by molar-refractivity contribution is -0.124. The molecule has 0 aliphatic rings. The third-order valence-electron chi connectivity index (χ3n) is 2.09. The van der Waals surface area contributed by atoms with E-state index in [1.807, 2.05) is 20.9 Å². The zero-order valence-electron chi connectivity index (χ0n) is 9.18. The molecule has 0 rings (SSSR count). The van der Waals surface area contributed by atoms with E-state index in [2.05, 4.69) is 17.6 Å². The van der Waals surface area contributed by atoms with E-state index in [-0.39, 0.29) is 11.9 Å². The van der Waals surface area contributed by atoms with Crippen molar-refractivity contribution in [3.05, 3.63) is 0 Å². The molecule has 0 unspecified atom stereocenters. The van der Waals surface area contributed by atoms with Gasteiger partial charge in [0.15, 0.2) is 0 Å². The zero-order chi connectivity index (χ0) is 10.3. The minimum Gasteiger partial charge on any atom is -0.355 e. The molecule has 3 nitrogen and oxygen atoms in total. The normalized spacial score (nSPS) is 13.0. The van der Waals surface area contributed by atoms with Crippen LogP contribution < -0.4 is 10.6 Å². The number of nitrogens with one attached hydrogen (secondary N) is 2. The second-order valence-corrected chi connectivity index (χ2v) is 3.65. The quantitative estimate of drug-likeness (QED) is 0.611. The summed E-state index contributed by atoms with van der Waals surface area (Å²) in [6.07, 6.45) is 2.17. The fourth-order valence-corrected chi connectivity index (χ4v) is 1.27. The number of likely N-dealkylation sites (N-methyl/N-ethyl adjacent to an activating group) is 1. The van der Waals surface area contributed by atoms with Gasteiger partial charge in [0.1, 0.15) is 0 Å². The second-order valence-electron chi connectivity index (χ2n) is 3.65. The molecule has 0 aromatic carbocycles. The summed E-state index contributed by atoms with van der Waals surface area (Å²) in [4.78, 5) is 11.5. The largest absolute Gasteiger partial charge is 0.355 e. The molecule has 0 aliphatic heterocycles. The molecule has 0 saturated heterocycles. The van der Waals surface area contributed by atoms with Crippen molar-refractivity contribution in [2.45, 2.75) is 39.7 Å². The Balaban J connectivity index is 3.78. The van der Waals surface area contributed by atoms with Gasteiger partial charge in [-0.15, -0.1) is 0 Å². The molecule has 0 aromatic rings. The maximum Gasteiger partial charge on any atom is 0.237 e. The lowest BCUT2D eigenvalue weighted by Gasteiger charge is -2.19. The maximum absolute atomic E-state index is 11.5. The van der Waals surface area contributed by atoms with Crippen molar-refractivity contribution in [3.63, 3.8) is 0 Å². The van der Waals surface area contributed by atoms with Gasteiger partial charge in [0, 0.05) is 6.54 Å². The van der Waals surface area contributed by atoms with Gasteiger partial charge in [-0.05, 0) is 19.4 Å². The van der Waals surface area contributed by atoms with Crippen LogP contribution in [0.3, 0.4) is 0 Å². The van der Waals surface area contributed by atoms with Crippen LogP contribution in [0, 0.1) is 5.92 Å². The number of rotatable bonds is 6. The van der Waals surface area contributed by atoms with Crippen LogP contribution in [0.4, 0.5) is 0 Å². The van der Waals surface area contributed by atoms with Crippen LogP contribution in [0.1, 0.15) is 33.6 Å². The molecule has 13 heavy (non-hydrogen) atoms. The summed E-state index contributed by atoms with van der Waals surface area (Å²) in [6, 6.07) is -0.0585. The van der Waals surface area contributed by atoms with E-state index in [4.69, 9.17) is 0 Å². The highest BCUT2D eigenvalue weighted by Crippen LogP contribution is 2.00. The molecular formula is C10H22N2O. The number of carbonyl (C=O) groups is 1. The van der Waals surface area contributed by atoms with Gasteiger partial charge in [-0.25, -0.2) is 0 Å². The number of carbonyl (C=O) groups excluding carboxylic acids is 1. The molecular weight excluding hydrogens is 164 g/mol. The van der Waals surface area contributed by atoms with Crippen molar-refractivity contribution in [2.24, 2.45) is 5.92 Å². The fourth-order valence-electron chi connectivity index (χ4n) is 1.27. The number of hydrogen-bond donors (Lipinski definition) is 2. The van der Waals surface area contributed by atoms with E-state index >= 15 is 0 Å². The van der Waals surface area contributed by atoms with Crippen molar-refractivity contribution in [2.75, 3.05) is 13.6 Å². The van der Waals surface area contributed by atoms with E-state index in [1.165, 1.54) is 0 Å².